The molecule has 0 saturated carbocycles. The number of carbonyl (C=O) groups is 1. The molecule has 0 saturated heterocycles. The molecule has 7 nitrogen and oxygen atoms in total. The highest BCUT2D eigenvalue weighted by Crippen LogP contribution is 2.20. The standard InChI is InChI=1S/C16H23N5O2/c1-11(2)21-15(18-19-20-21)8-9-17-16(22)10-23-14-7-5-6-12(3)13(14)4/h5-7,11H,8-10H2,1-4H3,(H,17,22). The van der Waals surface area contributed by atoms with Gasteiger partial charge in [0.15, 0.2) is 12.4 Å². The second-order valence-corrected chi connectivity index (χ2v) is 5.72. The summed E-state index contributed by atoms with van der Waals surface area (Å²) in [6.07, 6.45) is 0.584. The summed E-state index contributed by atoms with van der Waals surface area (Å²) in [4.78, 5) is 11.9. The monoisotopic (exact) mass is 317 g/mol. The van der Waals surface area contributed by atoms with E-state index in [2.05, 4.69) is 20.8 Å². The molecule has 1 heterocycles. The van der Waals surface area contributed by atoms with Crippen LogP contribution in [0.2, 0.25) is 0 Å². The Kier molecular flexibility index (Phi) is 5.67. The average molecular weight is 317 g/mol. The highest BCUT2D eigenvalue weighted by molar-refractivity contribution is 5.77. The molecule has 0 atom stereocenters. The second-order valence-electron chi connectivity index (χ2n) is 5.72. The smallest absolute Gasteiger partial charge is 0.257 e. The van der Waals surface area contributed by atoms with Crippen LogP contribution in [0, 0.1) is 13.8 Å². The van der Waals surface area contributed by atoms with Crippen molar-refractivity contribution in [3.05, 3.63) is 35.2 Å². The number of hydrogen-bond donors (Lipinski definition) is 1. The van der Waals surface area contributed by atoms with Crippen LogP contribution in [-0.2, 0) is 11.2 Å². The van der Waals surface area contributed by atoms with Crippen LogP contribution in [0.15, 0.2) is 18.2 Å². The second kappa shape index (κ2) is 7.71. The fourth-order valence-corrected chi connectivity index (χ4v) is 2.17. The van der Waals surface area contributed by atoms with Crippen molar-refractivity contribution in [1.29, 1.82) is 0 Å². The fraction of sp³-hybridized carbons (Fsp3) is 0.500. The molecule has 0 spiro atoms. The number of tetrazole rings is 1. The van der Waals surface area contributed by atoms with E-state index in [4.69, 9.17) is 4.74 Å². The lowest BCUT2D eigenvalue weighted by Crippen LogP contribution is -2.31. The van der Waals surface area contributed by atoms with Crippen LogP contribution in [-0.4, -0.2) is 39.3 Å². The number of aryl methyl sites for hydroxylation is 1. The van der Waals surface area contributed by atoms with Crippen LogP contribution < -0.4 is 10.1 Å². The Labute approximate surface area is 136 Å². The van der Waals surface area contributed by atoms with Crippen molar-refractivity contribution >= 4 is 5.91 Å². The van der Waals surface area contributed by atoms with E-state index < -0.39 is 0 Å². The van der Waals surface area contributed by atoms with Gasteiger partial charge in [0.2, 0.25) is 0 Å². The van der Waals surface area contributed by atoms with E-state index in [1.807, 2.05) is 45.9 Å². The van der Waals surface area contributed by atoms with Crippen molar-refractivity contribution in [2.75, 3.05) is 13.2 Å². The number of hydrogen-bond acceptors (Lipinski definition) is 5. The number of amides is 1. The predicted octanol–water partition coefficient (Wildman–Crippen LogP) is 1.61. The average Bonchev–Trinajstić information content (AvgIpc) is 2.97. The van der Waals surface area contributed by atoms with Crippen LogP contribution in [0.25, 0.3) is 0 Å². The van der Waals surface area contributed by atoms with E-state index >= 15 is 0 Å². The van der Waals surface area contributed by atoms with Crippen LogP contribution in [0.5, 0.6) is 5.75 Å². The topological polar surface area (TPSA) is 81.9 Å². The van der Waals surface area contributed by atoms with Gasteiger partial charge in [0.25, 0.3) is 5.91 Å². The van der Waals surface area contributed by atoms with Crippen LogP contribution >= 0.6 is 0 Å². The molecule has 1 amide bonds. The van der Waals surface area contributed by atoms with Gasteiger partial charge < -0.3 is 10.1 Å². The fourth-order valence-electron chi connectivity index (χ4n) is 2.17. The quantitative estimate of drug-likeness (QED) is 0.839. The zero-order valence-corrected chi connectivity index (χ0v) is 14.0. The lowest BCUT2D eigenvalue weighted by molar-refractivity contribution is -0.123. The van der Waals surface area contributed by atoms with Crippen molar-refractivity contribution in [3.63, 3.8) is 0 Å². The predicted molar refractivity (Wildman–Crippen MR) is 86.3 cm³/mol. The summed E-state index contributed by atoms with van der Waals surface area (Å²) in [6.45, 7) is 8.49. The van der Waals surface area contributed by atoms with Gasteiger partial charge in [0.05, 0.1) is 6.04 Å². The van der Waals surface area contributed by atoms with E-state index in [0.717, 1.165) is 22.7 Å². The summed E-state index contributed by atoms with van der Waals surface area (Å²) in [7, 11) is 0. The van der Waals surface area contributed by atoms with E-state index in [-0.39, 0.29) is 18.6 Å². The molecule has 1 N–H and O–H groups in total. The van der Waals surface area contributed by atoms with Crippen LogP contribution in [0.3, 0.4) is 0 Å². The van der Waals surface area contributed by atoms with Crippen molar-refractivity contribution in [1.82, 2.24) is 25.5 Å². The normalized spacial score (nSPS) is 10.8. The Morgan fingerprint density at radius 2 is 2.13 bits per heavy atom. The SMILES string of the molecule is Cc1cccc(OCC(=O)NCCc2nnnn2C(C)C)c1C. The molecule has 0 bridgehead atoms. The molecule has 1 aromatic heterocycles. The lowest BCUT2D eigenvalue weighted by Gasteiger charge is -2.11. The summed E-state index contributed by atoms with van der Waals surface area (Å²) in [5.41, 5.74) is 2.19. The maximum atomic E-state index is 11.9. The first kappa shape index (κ1) is 16.9. The third-order valence-corrected chi connectivity index (χ3v) is 3.63. The van der Waals surface area contributed by atoms with Crippen LogP contribution in [0.4, 0.5) is 0 Å². The van der Waals surface area contributed by atoms with Crippen molar-refractivity contribution in [2.45, 2.75) is 40.2 Å². The first-order valence-electron chi connectivity index (χ1n) is 7.71. The Balaban J connectivity index is 1.77. The molecule has 0 aliphatic carbocycles. The first-order chi connectivity index (χ1) is 11.0. The number of rotatable bonds is 7. The molecule has 7 heteroatoms. The van der Waals surface area contributed by atoms with Crippen LogP contribution in [0.1, 0.15) is 36.8 Å². The number of aromatic nitrogens is 4. The lowest BCUT2D eigenvalue weighted by atomic mass is 10.1. The Bertz CT molecular complexity index is 666. The molecular formula is C16H23N5O2. The van der Waals surface area contributed by atoms with Gasteiger partial charge in [-0.1, -0.05) is 12.1 Å². The molecule has 2 aromatic rings. The molecule has 23 heavy (non-hydrogen) atoms. The molecule has 124 valence electrons. The summed E-state index contributed by atoms with van der Waals surface area (Å²) in [6, 6.07) is 6.00. The van der Waals surface area contributed by atoms with Gasteiger partial charge in [-0.25, -0.2) is 4.68 Å². The third kappa shape index (κ3) is 4.51. The van der Waals surface area contributed by atoms with Crippen molar-refractivity contribution in [2.24, 2.45) is 0 Å². The number of nitrogens with zero attached hydrogens (tertiary/aromatic N) is 4. The molecule has 0 aliphatic rings. The number of benzene rings is 1. The minimum Gasteiger partial charge on any atom is -0.483 e. The minimum atomic E-state index is -0.158. The highest BCUT2D eigenvalue weighted by atomic mass is 16.5. The van der Waals surface area contributed by atoms with Gasteiger partial charge in [0, 0.05) is 13.0 Å². The summed E-state index contributed by atoms with van der Waals surface area (Å²) >= 11 is 0. The van der Waals surface area contributed by atoms with Crippen molar-refractivity contribution in [3.8, 4) is 5.75 Å². The molecule has 1 aromatic carbocycles. The van der Waals surface area contributed by atoms with E-state index in [1.165, 1.54) is 0 Å². The van der Waals surface area contributed by atoms with Gasteiger partial charge in [-0.3, -0.25) is 4.79 Å². The molecule has 0 unspecified atom stereocenters. The summed E-state index contributed by atoms with van der Waals surface area (Å²) < 4.78 is 7.32. The van der Waals surface area contributed by atoms with E-state index in [1.54, 1.807) is 4.68 Å². The van der Waals surface area contributed by atoms with E-state index in [9.17, 15) is 4.79 Å². The maximum absolute atomic E-state index is 11.9. The maximum Gasteiger partial charge on any atom is 0.257 e. The third-order valence-electron chi connectivity index (χ3n) is 3.63. The number of carbonyl (C=O) groups excluding carboxylic acids is 1. The Hall–Kier alpha value is -2.44. The minimum absolute atomic E-state index is 0.000581. The number of ether oxygens (including phenoxy) is 1. The zero-order chi connectivity index (χ0) is 16.8. The molecule has 0 aliphatic heterocycles. The summed E-state index contributed by atoms with van der Waals surface area (Å²) in [5.74, 6) is 1.34. The number of nitrogens with one attached hydrogen (secondary N) is 1. The molecular weight excluding hydrogens is 294 g/mol. The van der Waals surface area contributed by atoms with Gasteiger partial charge in [-0.15, -0.1) is 5.10 Å². The Morgan fingerprint density at radius 1 is 1.35 bits per heavy atom. The highest BCUT2D eigenvalue weighted by Gasteiger charge is 2.10. The largest absolute Gasteiger partial charge is 0.483 e. The molecule has 2 rings (SSSR count). The van der Waals surface area contributed by atoms with Crippen molar-refractivity contribution < 1.29 is 9.53 Å². The first-order valence-corrected chi connectivity index (χ1v) is 7.71. The molecule has 0 radical (unpaired) electrons. The van der Waals surface area contributed by atoms with Gasteiger partial charge in [-0.2, -0.15) is 0 Å². The Morgan fingerprint density at radius 3 is 2.87 bits per heavy atom. The van der Waals surface area contributed by atoms with E-state index in [0.29, 0.717) is 13.0 Å². The van der Waals surface area contributed by atoms with Gasteiger partial charge in [0.1, 0.15) is 5.75 Å². The molecule has 0 fully saturated rings. The van der Waals surface area contributed by atoms with Gasteiger partial charge in [-0.05, 0) is 55.3 Å². The zero-order valence-electron chi connectivity index (χ0n) is 14.0. The van der Waals surface area contributed by atoms with Gasteiger partial charge >= 0.3 is 0 Å². The summed E-state index contributed by atoms with van der Waals surface area (Å²) in [5, 5.41) is 14.4.